The van der Waals surface area contributed by atoms with Gasteiger partial charge in [-0.15, -0.1) is 26.3 Å². The zero-order valence-electron chi connectivity index (χ0n) is 11.0. The third-order valence-electron chi connectivity index (χ3n) is 2.73. The van der Waals surface area contributed by atoms with E-state index in [1.807, 2.05) is 36.4 Å². The normalized spacial score (nSPS) is 11.8. The summed E-state index contributed by atoms with van der Waals surface area (Å²) in [7, 11) is -0.990. The Balaban J connectivity index is 0.000000415. The van der Waals surface area contributed by atoms with Gasteiger partial charge in [-0.2, -0.15) is 0 Å². The van der Waals surface area contributed by atoms with Crippen LogP contribution in [-0.2, 0) is 17.2 Å². The Labute approximate surface area is 117 Å². The van der Waals surface area contributed by atoms with Gasteiger partial charge in [0.15, 0.2) is 0 Å². The standard InChI is InChI=1S/C13H10OS.2C2H4/c14-15-12-7-3-1-5-10(12)9-11-6-2-4-8-13(11)15;2*1-2/h1-8H,9H2;2*1-2H2. The largest absolute Gasteiger partial charge is 0.249 e. The van der Waals surface area contributed by atoms with Crippen molar-refractivity contribution in [3.63, 3.8) is 0 Å². The molecule has 0 N–H and O–H groups in total. The SMILES string of the molecule is C=C.C=C.O=S1c2ccccc2Cc2ccccc21. The summed E-state index contributed by atoms with van der Waals surface area (Å²) >= 11 is 0. The average Bonchev–Trinajstić information content (AvgIpc) is 2.52. The van der Waals surface area contributed by atoms with Crippen LogP contribution in [0.25, 0.3) is 0 Å². The van der Waals surface area contributed by atoms with Crippen LogP contribution in [-0.4, -0.2) is 4.21 Å². The van der Waals surface area contributed by atoms with Crippen molar-refractivity contribution in [2.75, 3.05) is 0 Å². The Bertz CT molecular complexity index is 525. The van der Waals surface area contributed by atoms with Gasteiger partial charge in [-0.05, 0) is 29.7 Å². The molecule has 1 nitrogen and oxygen atoms in total. The monoisotopic (exact) mass is 270 g/mol. The first-order valence-electron chi connectivity index (χ1n) is 5.94. The predicted molar refractivity (Wildman–Crippen MR) is 82.9 cm³/mol. The van der Waals surface area contributed by atoms with Gasteiger partial charge in [-0.3, -0.25) is 0 Å². The number of benzene rings is 2. The van der Waals surface area contributed by atoms with E-state index in [1.165, 1.54) is 11.1 Å². The molecular weight excluding hydrogens is 252 g/mol. The molecule has 0 atom stereocenters. The lowest BCUT2D eigenvalue weighted by Gasteiger charge is -2.18. The molecule has 0 saturated carbocycles. The van der Waals surface area contributed by atoms with E-state index >= 15 is 0 Å². The number of rotatable bonds is 0. The van der Waals surface area contributed by atoms with E-state index in [0.717, 1.165) is 16.2 Å². The molecule has 1 aliphatic heterocycles. The van der Waals surface area contributed by atoms with Crippen LogP contribution in [0.5, 0.6) is 0 Å². The molecule has 0 spiro atoms. The Morgan fingerprint density at radius 2 is 1.11 bits per heavy atom. The first-order valence-corrected chi connectivity index (χ1v) is 7.09. The van der Waals surface area contributed by atoms with Gasteiger partial charge < -0.3 is 0 Å². The molecule has 2 aromatic carbocycles. The molecule has 0 radical (unpaired) electrons. The van der Waals surface area contributed by atoms with Crippen LogP contribution >= 0.6 is 0 Å². The molecule has 19 heavy (non-hydrogen) atoms. The second-order valence-corrected chi connectivity index (χ2v) is 5.08. The Kier molecular flexibility index (Phi) is 5.97. The van der Waals surface area contributed by atoms with Gasteiger partial charge in [0.2, 0.25) is 0 Å². The molecule has 98 valence electrons. The van der Waals surface area contributed by atoms with Gasteiger partial charge in [0, 0.05) is 9.79 Å². The van der Waals surface area contributed by atoms with Crippen molar-refractivity contribution < 1.29 is 4.21 Å². The van der Waals surface area contributed by atoms with Crippen LogP contribution in [0.15, 0.2) is 84.6 Å². The lowest BCUT2D eigenvalue weighted by molar-refractivity contribution is 0.679. The van der Waals surface area contributed by atoms with Crippen LogP contribution in [0.1, 0.15) is 11.1 Å². The summed E-state index contributed by atoms with van der Waals surface area (Å²) in [4.78, 5) is 1.94. The van der Waals surface area contributed by atoms with Gasteiger partial charge in [0.1, 0.15) is 0 Å². The maximum Gasteiger partial charge on any atom is 0.0855 e. The molecule has 0 unspecified atom stereocenters. The third kappa shape index (κ3) is 3.09. The van der Waals surface area contributed by atoms with Crippen molar-refractivity contribution in [2.24, 2.45) is 0 Å². The molecule has 0 aromatic heterocycles. The summed E-state index contributed by atoms with van der Waals surface area (Å²) in [5.74, 6) is 0. The maximum absolute atomic E-state index is 12.2. The van der Waals surface area contributed by atoms with Gasteiger partial charge in [-0.25, -0.2) is 4.21 Å². The molecule has 2 heteroatoms. The lowest BCUT2D eigenvalue weighted by Crippen LogP contribution is -2.08. The molecule has 0 bridgehead atoms. The molecule has 0 saturated heterocycles. The van der Waals surface area contributed by atoms with Gasteiger partial charge in [0.05, 0.1) is 10.8 Å². The highest BCUT2D eigenvalue weighted by molar-refractivity contribution is 7.85. The summed E-state index contributed by atoms with van der Waals surface area (Å²) < 4.78 is 12.2. The minimum absolute atomic E-state index is 0.901. The first kappa shape index (κ1) is 15.1. The van der Waals surface area contributed by atoms with Gasteiger partial charge in [0.25, 0.3) is 0 Å². The van der Waals surface area contributed by atoms with Crippen LogP contribution in [0, 0.1) is 0 Å². The van der Waals surface area contributed by atoms with Crippen molar-refractivity contribution in [2.45, 2.75) is 16.2 Å². The predicted octanol–water partition coefficient (Wildman–Crippen LogP) is 4.36. The fraction of sp³-hybridized carbons (Fsp3) is 0.0588. The molecule has 3 rings (SSSR count). The van der Waals surface area contributed by atoms with Crippen molar-refractivity contribution >= 4 is 10.8 Å². The van der Waals surface area contributed by atoms with E-state index in [2.05, 4.69) is 38.4 Å². The van der Waals surface area contributed by atoms with Crippen molar-refractivity contribution in [1.29, 1.82) is 0 Å². The molecular formula is C17H18OS. The van der Waals surface area contributed by atoms with Gasteiger partial charge in [-0.1, -0.05) is 36.4 Å². The van der Waals surface area contributed by atoms with Crippen LogP contribution in [0.2, 0.25) is 0 Å². The third-order valence-corrected chi connectivity index (χ3v) is 4.32. The van der Waals surface area contributed by atoms with E-state index in [0.29, 0.717) is 0 Å². The number of fused-ring (bicyclic) bond motifs is 2. The second-order valence-electron chi connectivity index (χ2n) is 3.66. The molecule has 2 aromatic rings. The van der Waals surface area contributed by atoms with E-state index in [9.17, 15) is 4.21 Å². The number of hydrogen-bond acceptors (Lipinski definition) is 1. The highest BCUT2D eigenvalue weighted by atomic mass is 32.2. The van der Waals surface area contributed by atoms with E-state index in [-0.39, 0.29) is 0 Å². The average molecular weight is 270 g/mol. The van der Waals surface area contributed by atoms with Crippen LogP contribution in [0.4, 0.5) is 0 Å². The molecule has 1 heterocycles. The summed E-state index contributed by atoms with van der Waals surface area (Å²) in [6.45, 7) is 12.0. The summed E-state index contributed by atoms with van der Waals surface area (Å²) in [6, 6.07) is 15.9. The molecule has 0 aliphatic carbocycles. The minimum Gasteiger partial charge on any atom is -0.249 e. The van der Waals surface area contributed by atoms with Crippen LogP contribution < -0.4 is 0 Å². The fourth-order valence-electron chi connectivity index (χ4n) is 1.99. The second kappa shape index (κ2) is 7.49. The zero-order valence-corrected chi connectivity index (χ0v) is 11.8. The van der Waals surface area contributed by atoms with Crippen molar-refractivity contribution in [1.82, 2.24) is 0 Å². The zero-order chi connectivity index (χ0) is 14.3. The highest BCUT2D eigenvalue weighted by Gasteiger charge is 2.20. The fourth-order valence-corrected chi connectivity index (χ4v) is 3.38. The lowest BCUT2D eigenvalue weighted by atomic mass is 10.0. The molecule has 0 amide bonds. The summed E-state index contributed by atoms with van der Waals surface area (Å²) in [5, 5.41) is 0. The highest BCUT2D eigenvalue weighted by Crippen LogP contribution is 2.30. The van der Waals surface area contributed by atoms with Gasteiger partial charge >= 0.3 is 0 Å². The Morgan fingerprint density at radius 1 is 0.737 bits per heavy atom. The summed E-state index contributed by atoms with van der Waals surface area (Å²) in [6.07, 6.45) is 0.901. The maximum atomic E-state index is 12.2. The van der Waals surface area contributed by atoms with Crippen LogP contribution in [0.3, 0.4) is 0 Å². The Morgan fingerprint density at radius 3 is 1.53 bits per heavy atom. The number of hydrogen-bond donors (Lipinski definition) is 0. The van der Waals surface area contributed by atoms with E-state index in [1.54, 1.807) is 0 Å². The topological polar surface area (TPSA) is 17.1 Å². The minimum atomic E-state index is -0.990. The van der Waals surface area contributed by atoms with Crippen molar-refractivity contribution in [3.8, 4) is 0 Å². The smallest absolute Gasteiger partial charge is 0.0855 e. The van der Waals surface area contributed by atoms with E-state index < -0.39 is 10.8 Å². The quantitative estimate of drug-likeness (QED) is 0.555. The molecule has 1 aliphatic rings. The molecule has 0 fully saturated rings. The summed E-state index contributed by atoms with van der Waals surface area (Å²) in [5.41, 5.74) is 2.38. The first-order chi connectivity index (χ1) is 9.36. The van der Waals surface area contributed by atoms with Crippen molar-refractivity contribution in [3.05, 3.63) is 86.0 Å². The Hall–Kier alpha value is -1.93. The van der Waals surface area contributed by atoms with E-state index in [4.69, 9.17) is 0 Å².